The van der Waals surface area contributed by atoms with E-state index in [9.17, 15) is 0 Å². The van der Waals surface area contributed by atoms with Gasteiger partial charge in [0.1, 0.15) is 5.82 Å². The van der Waals surface area contributed by atoms with Gasteiger partial charge in [-0.3, -0.25) is 0 Å². The summed E-state index contributed by atoms with van der Waals surface area (Å²) in [6.45, 7) is 0. The van der Waals surface area contributed by atoms with Gasteiger partial charge in [-0.15, -0.1) is 0 Å². The molecule has 0 saturated heterocycles. The van der Waals surface area contributed by atoms with Crippen LogP contribution >= 0.6 is 0 Å². The number of nitrogens with zero attached hydrogens (tertiary/aromatic N) is 1. The van der Waals surface area contributed by atoms with Crippen molar-refractivity contribution >= 4 is 29.3 Å². The number of benzene rings is 1. The largest absolute Gasteiger partial charge is 0.508 e. The monoisotopic (exact) mass is 188 g/mol. The van der Waals surface area contributed by atoms with Crippen molar-refractivity contribution in [3.05, 3.63) is 30.3 Å². The van der Waals surface area contributed by atoms with E-state index < -0.39 is 7.12 Å². The van der Waals surface area contributed by atoms with Gasteiger partial charge in [-0.05, 0) is 16.8 Å². The highest BCUT2D eigenvalue weighted by Crippen LogP contribution is 2.12. The van der Waals surface area contributed by atoms with E-state index >= 15 is 0 Å². The van der Waals surface area contributed by atoms with Crippen molar-refractivity contribution in [1.29, 1.82) is 0 Å². The van der Waals surface area contributed by atoms with Crippen molar-refractivity contribution in [3.63, 3.8) is 0 Å². The predicted octanol–water partition coefficient (Wildman–Crippen LogP) is -0.503. The Labute approximate surface area is 81.2 Å². The van der Waals surface area contributed by atoms with E-state index in [4.69, 9.17) is 15.8 Å². The van der Waals surface area contributed by atoms with Crippen LogP contribution in [0.4, 0.5) is 5.82 Å². The standard InChI is InChI=1S/C9H9BN2O2/c11-8-5-6-3-1-2-4-7(6)9(12-8)10(13)14/h1-5,13-14H,(H2,11,12). The molecule has 0 unspecified atom stereocenters. The summed E-state index contributed by atoms with van der Waals surface area (Å²) in [6.07, 6.45) is 0. The summed E-state index contributed by atoms with van der Waals surface area (Å²) in [6, 6.07) is 8.98. The molecule has 14 heavy (non-hydrogen) atoms. The Morgan fingerprint density at radius 3 is 2.64 bits per heavy atom. The van der Waals surface area contributed by atoms with E-state index in [0.717, 1.165) is 5.39 Å². The van der Waals surface area contributed by atoms with Gasteiger partial charge in [0.25, 0.3) is 0 Å². The van der Waals surface area contributed by atoms with E-state index in [1.807, 2.05) is 18.2 Å². The lowest BCUT2D eigenvalue weighted by Gasteiger charge is -2.05. The fraction of sp³-hybridized carbons (Fsp3) is 0. The van der Waals surface area contributed by atoms with Crippen molar-refractivity contribution in [2.75, 3.05) is 5.73 Å². The predicted molar refractivity (Wildman–Crippen MR) is 56.0 cm³/mol. The zero-order chi connectivity index (χ0) is 10.1. The Morgan fingerprint density at radius 2 is 1.93 bits per heavy atom. The molecule has 1 heterocycles. The first-order valence-corrected chi connectivity index (χ1v) is 4.20. The average molecular weight is 188 g/mol. The third-order valence-corrected chi connectivity index (χ3v) is 2.03. The second-order valence-electron chi connectivity index (χ2n) is 3.03. The zero-order valence-corrected chi connectivity index (χ0v) is 7.38. The van der Waals surface area contributed by atoms with Crippen molar-refractivity contribution in [1.82, 2.24) is 4.98 Å². The van der Waals surface area contributed by atoms with Gasteiger partial charge in [0.05, 0.1) is 5.59 Å². The second-order valence-corrected chi connectivity index (χ2v) is 3.03. The Bertz CT molecular complexity index is 473. The molecule has 2 aromatic rings. The summed E-state index contributed by atoms with van der Waals surface area (Å²) in [7, 11) is -1.59. The second kappa shape index (κ2) is 3.28. The Kier molecular flexibility index (Phi) is 2.11. The minimum absolute atomic E-state index is 0.195. The molecule has 0 atom stereocenters. The van der Waals surface area contributed by atoms with Gasteiger partial charge in [-0.1, -0.05) is 24.3 Å². The molecule has 4 N–H and O–H groups in total. The number of rotatable bonds is 1. The van der Waals surface area contributed by atoms with Crippen LogP contribution in [0.5, 0.6) is 0 Å². The molecule has 1 aromatic heterocycles. The van der Waals surface area contributed by atoms with Gasteiger partial charge in [0.2, 0.25) is 0 Å². The van der Waals surface area contributed by atoms with Crippen LogP contribution in [-0.2, 0) is 0 Å². The molecule has 5 heteroatoms. The third kappa shape index (κ3) is 1.43. The number of fused-ring (bicyclic) bond motifs is 1. The molecule has 2 rings (SSSR count). The van der Waals surface area contributed by atoms with E-state index in [1.54, 1.807) is 12.1 Å². The number of nitrogens with two attached hydrogens (primary N) is 1. The van der Waals surface area contributed by atoms with Crippen LogP contribution in [0.25, 0.3) is 10.8 Å². The minimum Gasteiger partial charge on any atom is -0.422 e. The van der Waals surface area contributed by atoms with Crippen molar-refractivity contribution in [2.24, 2.45) is 0 Å². The fourth-order valence-corrected chi connectivity index (χ4v) is 1.44. The molecule has 0 spiro atoms. The molecule has 1 aromatic carbocycles. The van der Waals surface area contributed by atoms with E-state index in [-0.39, 0.29) is 11.4 Å². The average Bonchev–Trinajstić information content (AvgIpc) is 2.16. The lowest BCUT2D eigenvalue weighted by atomic mass is 9.82. The number of aromatic nitrogens is 1. The van der Waals surface area contributed by atoms with Gasteiger partial charge in [0, 0.05) is 0 Å². The zero-order valence-electron chi connectivity index (χ0n) is 7.38. The Hall–Kier alpha value is -1.59. The molecule has 0 aliphatic rings. The molecule has 0 radical (unpaired) electrons. The van der Waals surface area contributed by atoms with E-state index in [2.05, 4.69) is 4.98 Å². The molecular formula is C9H9BN2O2. The molecule has 0 saturated carbocycles. The van der Waals surface area contributed by atoms with Crippen LogP contribution in [0.2, 0.25) is 0 Å². The quantitative estimate of drug-likeness (QED) is 0.527. The van der Waals surface area contributed by atoms with Gasteiger partial charge in [0.15, 0.2) is 0 Å². The molecule has 0 fully saturated rings. The van der Waals surface area contributed by atoms with Crippen LogP contribution in [0, 0.1) is 0 Å². The minimum atomic E-state index is -1.59. The summed E-state index contributed by atoms with van der Waals surface area (Å²) in [5, 5.41) is 19.7. The van der Waals surface area contributed by atoms with Gasteiger partial charge < -0.3 is 15.8 Å². The summed E-state index contributed by atoms with van der Waals surface area (Å²) in [4.78, 5) is 3.88. The number of pyridine rings is 1. The van der Waals surface area contributed by atoms with Crippen LogP contribution in [0.3, 0.4) is 0 Å². The SMILES string of the molecule is Nc1cc2ccccc2c(B(O)O)n1. The molecule has 4 nitrogen and oxygen atoms in total. The summed E-state index contributed by atoms with van der Waals surface area (Å²) in [5.74, 6) is 0.284. The van der Waals surface area contributed by atoms with Crippen molar-refractivity contribution in [3.8, 4) is 0 Å². The van der Waals surface area contributed by atoms with Gasteiger partial charge in [-0.2, -0.15) is 0 Å². The molecule has 0 aliphatic carbocycles. The fourth-order valence-electron chi connectivity index (χ4n) is 1.44. The highest BCUT2D eigenvalue weighted by atomic mass is 16.4. The highest BCUT2D eigenvalue weighted by Gasteiger charge is 2.16. The molecule has 70 valence electrons. The summed E-state index contributed by atoms with van der Waals surface area (Å²) < 4.78 is 0. The molecular weight excluding hydrogens is 179 g/mol. The maximum atomic E-state index is 9.08. The molecule has 0 aliphatic heterocycles. The van der Waals surface area contributed by atoms with E-state index in [0.29, 0.717) is 5.39 Å². The normalized spacial score (nSPS) is 10.4. The number of anilines is 1. The van der Waals surface area contributed by atoms with Gasteiger partial charge in [-0.25, -0.2) is 4.98 Å². The summed E-state index contributed by atoms with van der Waals surface area (Å²) >= 11 is 0. The van der Waals surface area contributed by atoms with Crippen LogP contribution < -0.4 is 11.3 Å². The van der Waals surface area contributed by atoms with Crippen LogP contribution in [0.1, 0.15) is 0 Å². The summed E-state index contributed by atoms with van der Waals surface area (Å²) in [5.41, 5.74) is 5.72. The van der Waals surface area contributed by atoms with E-state index in [1.165, 1.54) is 0 Å². The first-order chi connectivity index (χ1) is 6.68. The maximum absolute atomic E-state index is 9.08. The first-order valence-electron chi connectivity index (χ1n) is 4.20. The topological polar surface area (TPSA) is 79.4 Å². The molecule has 0 bridgehead atoms. The first kappa shape index (κ1) is 8.99. The Balaban J connectivity index is 2.80. The molecule has 0 amide bonds. The van der Waals surface area contributed by atoms with Crippen LogP contribution in [-0.4, -0.2) is 22.2 Å². The lowest BCUT2D eigenvalue weighted by Crippen LogP contribution is -2.33. The Morgan fingerprint density at radius 1 is 1.21 bits per heavy atom. The van der Waals surface area contributed by atoms with Crippen LogP contribution in [0.15, 0.2) is 30.3 Å². The number of nitrogen functional groups attached to an aromatic ring is 1. The lowest BCUT2D eigenvalue weighted by molar-refractivity contribution is 0.425. The smallest absolute Gasteiger partial charge is 0.422 e. The number of hydrogen-bond donors (Lipinski definition) is 3. The number of hydrogen-bond acceptors (Lipinski definition) is 4. The van der Waals surface area contributed by atoms with Crippen molar-refractivity contribution < 1.29 is 10.0 Å². The third-order valence-electron chi connectivity index (χ3n) is 2.03. The van der Waals surface area contributed by atoms with Crippen molar-refractivity contribution in [2.45, 2.75) is 0 Å². The maximum Gasteiger partial charge on any atom is 0.508 e. The highest BCUT2D eigenvalue weighted by molar-refractivity contribution is 6.60. The van der Waals surface area contributed by atoms with Gasteiger partial charge >= 0.3 is 7.12 Å².